The fourth-order valence-electron chi connectivity index (χ4n) is 1.58. The van der Waals surface area contributed by atoms with Gasteiger partial charge in [0.15, 0.2) is 0 Å². The third-order valence-electron chi connectivity index (χ3n) is 2.47. The average molecular weight is 275 g/mol. The molecule has 0 saturated heterocycles. The zero-order chi connectivity index (χ0) is 15.0. The van der Waals surface area contributed by atoms with E-state index in [1.165, 1.54) is 0 Å². The Balaban J connectivity index is 2.57. The largest absolute Gasteiger partial charge is 0.350 e. The Kier molecular flexibility index (Phi) is 6.29. The molecule has 0 aromatic heterocycles. The van der Waals surface area contributed by atoms with Crippen LogP contribution in [0.3, 0.4) is 0 Å². The standard InChI is InChI=1S/C15H21N3O2/c1-4-8-16-15(20)17-10-12-6-5-7-13(9-12)14(19)18-11(2)3/h4-7,9,11H,1,8,10H2,2-3H3,(H,18,19)(H2,16,17,20). The fraction of sp³-hybridized carbons (Fsp3) is 0.333. The Labute approximate surface area is 119 Å². The van der Waals surface area contributed by atoms with Crippen LogP contribution in [-0.2, 0) is 6.54 Å². The number of rotatable bonds is 6. The Morgan fingerprint density at radius 1 is 1.30 bits per heavy atom. The molecular weight excluding hydrogens is 254 g/mol. The van der Waals surface area contributed by atoms with Gasteiger partial charge in [-0.2, -0.15) is 0 Å². The summed E-state index contributed by atoms with van der Waals surface area (Å²) in [7, 11) is 0. The molecule has 0 aliphatic rings. The molecule has 108 valence electrons. The summed E-state index contributed by atoms with van der Waals surface area (Å²) in [5.74, 6) is -0.113. The van der Waals surface area contributed by atoms with Crippen molar-refractivity contribution in [2.45, 2.75) is 26.4 Å². The van der Waals surface area contributed by atoms with Crippen LogP contribution in [0, 0.1) is 0 Å². The molecule has 0 atom stereocenters. The summed E-state index contributed by atoms with van der Waals surface area (Å²) in [4.78, 5) is 23.3. The smallest absolute Gasteiger partial charge is 0.315 e. The van der Waals surface area contributed by atoms with E-state index in [-0.39, 0.29) is 18.0 Å². The van der Waals surface area contributed by atoms with E-state index < -0.39 is 0 Å². The molecule has 0 bridgehead atoms. The average Bonchev–Trinajstić information content (AvgIpc) is 2.42. The first-order valence-electron chi connectivity index (χ1n) is 6.55. The summed E-state index contributed by atoms with van der Waals surface area (Å²) >= 11 is 0. The number of hydrogen-bond donors (Lipinski definition) is 3. The van der Waals surface area contributed by atoms with Crippen molar-refractivity contribution >= 4 is 11.9 Å². The van der Waals surface area contributed by atoms with Crippen LogP contribution < -0.4 is 16.0 Å². The van der Waals surface area contributed by atoms with E-state index >= 15 is 0 Å². The van der Waals surface area contributed by atoms with Crippen LogP contribution >= 0.6 is 0 Å². The van der Waals surface area contributed by atoms with E-state index in [4.69, 9.17) is 0 Å². The molecule has 0 unspecified atom stereocenters. The second-order valence-corrected chi connectivity index (χ2v) is 4.68. The predicted molar refractivity (Wildman–Crippen MR) is 79.5 cm³/mol. The van der Waals surface area contributed by atoms with Gasteiger partial charge in [0.05, 0.1) is 0 Å². The molecule has 0 saturated carbocycles. The third kappa shape index (κ3) is 5.56. The van der Waals surface area contributed by atoms with Gasteiger partial charge in [-0.3, -0.25) is 4.79 Å². The van der Waals surface area contributed by atoms with Gasteiger partial charge < -0.3 is 16.0 Å². The van der Waals surface area contributed by atoms with Gasteiger partial charge in [-0.25, -0.2) is 4.79 Å². The minimum absolute atomic E-state index is 0.0916. The first kappa shape index (κ1) is 15.8. The molecule has 0 radical (unpaired) electrons. The van der Waals surface area contributed by atoms with Gasteiger partial charge in [0, 0.05) is 24.7 Å². The van der Waals surface area contributed by atoms with E-state index in [0.29, 0.717) is 18.7 Å². The maximum atomic E-state index is 11.9. The number of benzene rings is 1. The number of carbonyl (C=O) groups is 2. The van der Waals surface area contributed by atoms with E-state index in [1.54, 1.807) is 24.3 Å². The molecule has 0 fully saturated rings. The Morgan fingerprint density at radius 3 is 2.70 bits per heavy atom. The zero-order valence-corrected chi connectivity index (χ0v) is 11.9. The molecule has 0 spiro atoms. The molecule has 1 aromatic rings. The van der Waals surface area contributed by atoms with E-state index in [2.05, 4.69) is 22.5 Å². The van der Waals surface area contributed by atoms with Gasteiger partial charge in [-0.15, -0.1) is 6.58 Å². The molecule has 5 nitrogen and oxygen atoms in total. The lowest BCUT2D eigenvalue weighted by Gasteiger charge is -2.10. The SMILES string of the molecule is C=CCNC(=O)NCc1cccc(C(=O)NC(C)C)c1. The number of nitrogens with one attached hydrogen (secondary N) is 3. The summed E-state index contributed by atoms with van der Waals surface area (Å²) in [5, 5.41) is 8.16. The number of urea groups is 1. The third-order valence-corrected chi connectivity index (χ3v) is 2.47. The maximum absolute atomic E-state index is 11.9. The molecule has 1 rings (SSSR count). The number of carbonyl (C=O) groups excluding carboxylic acids is 2. The van der Waals surface area contributed by atoms with E-state index in [9.17, 15) is 9.59 Å². The van der Waals surface area contributed by atoms with Crippen LogP contribution in [0.4, 0.5) is 4.79 Å². The molecule has 0 heterocycles. The summed E-state index contributed by atoms with van der Waals surface area (Å²) < 4.78 is 0. The van der Waals surface area contributed by atoms with Crippen molar-refractivity contribution in [3.63, 3.8) is 0 Å². The van der Waals surface area contributed by atoms with Crippen LogP contribution in [-0.4, -0.2) is 24.5 Å². The quantitative estimate of drug-likeness (QED) is 0.693. The van der Waals surface area contributed by atoms with Gasteiger partial charge >= 0.3 is 6.03 Å². The lowest BCUT2D eigenvalue weighted by molar-refractivity contribution is 0.0943. The first-order valence-corrected chi connectivity index (χ1v) is 6.55. The highest BCUT2D eigenvalue weighted by Crippen LogP contribution is 2.05. The van der Waals surface area contributed by atoms with Crippen molar-refractivity contribution in [1.82, 2.24) is 16.0 Å². The number of hydrogen-bond acceptors (Lipinski definition) is 2. The highest BCUT2D eigenvalue weighted by atomic mass is 16.2. The van der Waals surface area contributed by atoms with Gasteiger partial charge in [0.25, 0.3) is 5.91 Å². The van der Waals surface area contributed by atoms with Crippen molar-refractivity contribution in [2.75, 3.05) is 6.54 Å². The molecule has 3 N–H and O–H groups in total. The molecule has 0 aliphatic heterocycles. The minimum Gasteiger partial charge on any atom is -0.350 e. The van der Waals surface area contributed by atoms with Crippen LogP contribution in [0.25, 0.3) is 0 Å². The minimum atomic E-state index is -0.262. The van der Waals surface area contributed by atoms with Crippen LogP contribution in [0.15, 0.2) is 36.9 Å². The van der Waals surface area contributed by atoms with Crippen molar-refractivity contribution in [3.8, 4) is 0 Å². The zero-order valence-electron chi connectivity index (χ0n) is 11.9. The van der Waals surface area contributed by atoms with E-state index in [0.717, 1.165) is 5.56 Å². The lowest BCUT2D eigenvalue weighted by atomic mass is 10.1. The monoisotopic (exact) mass is 275 g/mol. The second-order valence-electron chi connectivity index (χ2n) is 4.68. The topological polar surface area (TPSA) is 70.2 Å². The number of amides is 3. The van der Waals surface area contributed by atoms with Gasteiger partial charge in [0.2, 0.25) is 0 Å². The Bertz CT molecular complexity index is 484. The van der Waals surface area contributed by atoms with Crippen molar-refractivity contribution in [3.05, 3.63) is 48.0 Å². The molecular formula is C15H21N3O2. The molecule has 1 aromatic carbocycles. The van der Waals surface area contributed by atoms with Gasteiger partial charge in [-0.05, 0) is 31.5 Å². The summed E-state index contributed by atoms with van der Waals surface area (Å²) in [6, 6.07) is 7.01. The first-order chi connectivity index (χ1) is 9.52. The van der Waals surface area contributed by atoms with Crippen molar-refractivity contribution < 1.29 is 9.59 Å². The summed E-state index contributed by atoms with van der Waals surface area (Å²) in [6.45, 7) is 8.12. The highest BCUT2D eigenvalue weighted by molar-refractivity contribution is 5.94. The molecule has 3 amide bonds. The molecule has 0 aliphatic carbocycles. The van der Waals surface area contributed by atoms with Gasteiger partial charge in [-0.1, -0.05) is 18.2 Å². The van der Waals surface area contributed by atoms with Crippen LogP contribution in [0.2, 0.25) is 0 Å². The van der Waals surface area contributed by atoms with Crippen molar-refractivity contribution in [2.24, 2.45) is 0 Å². The Hall–Kier alpha value is -2.30. The summed E-state index contributed by atoms with van der Waals surface area (Å²) in [5.41, 5.74) is 1.46. The normalized spacial score (nSPS) is 9.95. The van der Waals surface area contributed by atoms with E-state index in [1.807, 2.05) is 19.9 Å². The highest BCUT2D eigenvalue weighted by Gasteiger charge is 2.07. The predicted octanol–water partition coefficient (Wildman–Crippen LogP) is 1.81. The lowest BCUT2D eigenvalue weighted by Crippen LogP contribution is -2.35. The fourth-order valence-corrected chi connectivity index (χ4v) is 1.58. The van der Waals surface area contributed by atoms with Crippen molar-refractivity contribution in [1.29, 1.82) is 0 Å². The van der Waals surface area contributed by atoms with Crippen LogP contribution in [0.5, 0.6) is 0 Å². The van der Waals surface area contributed by atoms with Gasteiger partial charge in [0.1, 0.15) is 0 Å². The molecule has 5 heteroatoms. The summed E-state index contributed by atoms with van der Waals surface area (Å²) in [6.07, 6.45) is 1.61. The maximum Gasteiger partial charge on any atom is 0.315 e. The second kappa shape index (κ2) is 7.99. The van der Waals surface area contributed by atoms with Crippen LogP contribution in [0.1, 0.15) is 29.8 Å². The Morgan fingerprint density at radius 2 is 2.05 bits per heavy atom. The molecule has 20 heavy (non-hydrogen) atoms.